The van der Waals surface area contributed by atoms with Crippen molar-refractivity contribution in [1.82, 2.24) is 24.1 Å². The largest absolute Gasteiger partial charge is 0.392 e. The number of fused-ring (bicyclic) bond motifs is 1. The molecule has 8 heteroatoms. The number of hydrogen-bond acceptors (Lipinski definition) is 7. The topological polar surface area (TPSA) is 103 Å². The highest BCUT2D eigenvalue weighted by Crippen LogP contribution is 2.22. The molecule has 3 heterocycles. The third-order valence-electron chi connectivity index (χ3n) is 3.64. The van der Waals surface area contributed by atoms with Crippen molar-refractivity contribution in [3.63, 3.8) is 0 Å². The van der Waals surface area contributed by atoms with E-state index in [-0.39, 0.29) is 6.61 Å². The molecule has 0 saturated carbocycles. The maximum absolute atomic E-state index is 9.24. The molecule has 120 valence electrons. The van der Waals surface area contributed by atoms with Crippen molar-refractivity contribution >= 4 is 28.4 Å². The molecule has 0 fully saturated rings. The molecule has 0 atom stereocenters. The molecule has 0 aliphatic heterocycles. The highest BCUT2D eigenvalue weighted by atomic mass is 32.1. The fourth-order valence-electron chi connectivity index (χ4n) is 2.51. The van der Waals surface area contributed by atoms with Crippen LogP contribution < -0.4 is 5.73 Å². The van der Waals surface area contributed by atoms with Gasteiger partial charge < -0.3 is 10.8 Å². The number of aromatic nitrogens is 5. The summed E-state index contributed by atoms with van der Waals surface area (Å²) in [5, 5.41) is 16.3. The maximum atomic E-state index is 9.24. The van der Waals surface area contributed by atoms with Gasteiger partial charge in [0.05, 0.1) is 18.5 Å². The Kier molecular flexibility index (Phi) is 3.68. The Morgan fingerprint density at radius 3 is 2.83 bits per heavy atom. The lowest BCUT2D eigenvalue weighted by Crippen LogP contribution is -2.00. The van der Waals surface area contributed by atoms with Crippen LogP contribution in [0.15, 0.2) is 41.9 Å². The van der Waals surface area contributed by atoms with Crippen LogP contribution in [0.5, 0.6) is 0 Å². The summed E-state index contributed by atoms with van der Waals surface area (Å²) in [5.74, 6) is 0.868. The number of rotatable bonds is 4. The number of nitrogens with two attached hydrogens (primary N) is 1. The van der Waals surface area contributed by atoms with Crippen LogP contribution in [-0.2, 0) is 13.2 Å². The van der Waals surface area contributed by atoms with Crippen molar-refractivity contribution < 1.29 is 5.11 Å². The second-order valence-corrected chi connectivity index (χ2v) is 6.02. The Bertz CT molecular complexity index is 995. The van der Waals surface area contributed by atoms with Gasteiger partial charge in [0, 0.05) is 11.6 Å². The highest BCUT2D eigenvalue weighted by molar-refractivity contribution is 7.03. The number of benzene rings is 1. The van der Waals surface area contributed by atoms with Crippen LogP contribution in [0.4, 0.5) is 5.82 Å². The Morgan fingerprint density at radius 1 is 1.17 bits per heavy atom. The summed E-state index contributed by atoms with van der Waals surface area (Å²) in [6, 6.07) is 9.58. The Labute approximate surface area is 141 Å². The van der Waals surface area contributed by atoms with Gasteiger partial charge in [-0.3, -0.25) is 4.68 Å². The van der Waals surface area contributed by atoms with Crippen molar-refractivity contribution in [1.29, 1.82) is 0 Å². The van der Waals surface area contributed by atoms with Crippen molar-refractivity contribution in [2.24, 2.45) is 0 Å². The minimum Gasteiger partial charge on any atom is -0.392 e. The lowest BCUT2D eigenvalue weighted by atomic mass is 10.1. The van der Waals surface area contributed by atoms with E-state index in [1.54, 1.807) is 4.68 Å². The van der Waals surface area contributed by atoms with Gasteiger partial charge in [0.15, 0.2) is 11.5 Å². The van der Waals surface area contributed by atoms with Crippen LogP contribution in [0.3, 0.4) is 0 Å². The first-order valence-corrected chi connectivity index (χ1v) is 8.16. The summed E-state index contributed by atoms with van der Waals surface area (Å²) in [6.07, 6.45) is 1.83. The molecule has 0 radical (unpaired) electrons. The standard InChI is InChI=1S/C16H14N6OS/c17-14-12-8-22(7-10-2-1-3-11(6-10)9-23)20-15(12)19-16(18-14)13-4-5-24-21-13/h1-6,8,23H,7,9H2,(H2,17,18,19,20). The van der Waals surface area contributed by atoms with Crippen molar-refractivity contribution in [3.05, 3.63) is 53.0 Å². The van der Waals surface area contributed by atoms with Crippen molar-refractivity contribution in [2.45, 2.75) is 13.2 Å². The number of aliphatic hydroxyl groups is 1. The lowest BCUT2D eigenvalue weighted by molar-refractivity contribution is 0.281. The maximum Gasteiger partial charge on any atom is 0.187 e. The van der Waals surface area contributed by atoms with Crippen molar-refractivity contribution in [2.75, 3.05) is 5.73 Å². The fourth-order valence-corrected chi connectivity index (χ4v) is 3.02. The van der Waals surface area contributed by atoms with E-state index < -0.39 is 0 Å². The second kappa shape index (κ2) is 5.99. The zero-order valence-electron chi connectivity index (χ0n) is 12.6. The smallest absolute Gasteiger partial charge is 0.187 e. The SMILES string of the molecule is Nc1nc(-c2ccsn2)nc2nn(Cc3cccc(CO)c3)cc12. The van der Waals surface area contributed by atoms with E-state index in [1.807, 2.05) is 41.9 Å². The number of aliphatic hydroxyl groups excluding tert-OH is 1. The van der Waals surface area contributed by atoms with Crippen LogP contribution in [0.2, 0.25) is 0 Å². The van der Waals surface area contributed by atoms with Gasteiger partial charge in [0.1, 0.15) is 11.5 Å². The van der Waals surface area contributed by atoms with E-state index in [4.69, 9.17) is 5.73 Å². The quantitative estimate of drug-likeness (QED) is 0.590. The molecule has 0 bridgehead atoms. The average molecular weight is 338 g/mol. The molecule has 4 rings (SSSR count). The predicted octanol–water partition coefficient (Wildman–Crippen LogP) is 2.07. The number of nitrogen functional groups attached to an aromatic ring is 1. The van der Waals surface area contributed by atoms with E-state index in [0.29, 0.717) is 34.9 Å². The number of hydrogen-bond donors (Lipinski definition) is 2. The summed E-state index contributed by atoms with van der Waals surface area (Å²) >= 11 is 1.34. The molecule has 0 amide bonds. The molecule has 4 aromatic rings. The molecule has 3 N–H and O–H groups in total. The van der Waals surface area contributed by atoms with Crippen LogP contribution >= 0.6 is 11.5 Å². The second-order valence-electron chi connectivity index (χ2n) is 5.36. The molecule has 0 aliphatic rings. The minimum absolute atomic E-state index is 0.0182. The molecule has 7 nitrogen and oxygen atoms in total. The molecular formula is C16H14N6OS. The first-order valence-electron chi connectivity index (χ1n) is 7.33. The first-order chi connectivity index (χ1) is 11.7. The van der Waals surface area contributed by atoms with Crippen LogP contribution in [0, 0.1) is 0 Å². The predicted molar refractivity (Wildman–Crippen MR) is 92.3 cm³/mol. The van der Waals surface area contributed by atoms with Crippen molar-refractivity contribution in [3.8, 4) is 11.5 Å². The number of nitrogens with zero attached hydrogens (tertiary/aromatic N) is 5. The summed E-state index contributed by atoms with van der Waals surface area (Å²) in [6.45, 7) is 0.583. The Balaban J connectivity index is 1.71. The molecule has 3 aromatic heterocycles. The van der Waals surface area contributed by atoms with E-state index in [1.165, 1.54) is 11.5 Å². The Hall–Kier alpha value is -2.84. The van der Waals surface area contributed by atoms with E-state index >= 15 is 0 Å². The van der Waals surface area contributed by atoms with Gasteiger partial charge >= 0.3 is 0 Å². The first kappa shape index (κ1) is 14.7. The lowest BCUT2D eigenvalue weighted by Gasteiger charge is -2.03. The molecule has 0 aliphatic carbocycles. The zero-order valence-corrected chi connectivity index (χ0v) is 13.4. The molecule has 0 unspecified atom stereocenters. The monoisotopic (exact) mass is 338 g/mol. The van der Waals surface area contributed by atoms with Gasteiger partial charge in [-0.1, -0.05) is 24.3 Å². The molecular weight excluding hydrogens is 324 g/mol. The summed E-state index contributed by atoms with van der Waals surface area (Å²) < 4.78 is 6.01. The third-order valence-corrected chi connectivity index (χ3v) is 4.20. The van der Waals surface area contributed by atoms with Crippen LogP contribution in [0.25, 0.3) is 22.6 Å². The van der Waals surface area contributed by atoms with Gasteiger partial charge in [0.2, 0.25) is 0 Å². The average Bonchev–Trinajstić information content (AvgIpc) is 3.24. The molecule has 1 aromatic carbocycles. The van der Waals surface area contributed by atoms with Gasteiger partial charge in [-0.25, -0.2) is 9.97 Å². The summed E-state index contributed by atoms with van der Waals surface area (Å²) in [5.41, 5.74) is 9.20. The van der Waals surface area contributed by atoms with Gasteiger partial charge in [-0.05, 0) is 28.7 Å². The fraction of sp³-hybridized carbons (Fsp3) is 0.125. The summed E-state index contributed by atoms with van der Waals surface area (Å²) in [4.78, 5) is 8.77. The molecule has 24 heavy (non-hydrogen) atoms. The van der Waals surface area contributed by atoms with E-state index in [9.17, 15) is 5.11 Å². The Morgan fingerprint density at radius 2 is 2.04 bits per heavy atom. The van der Waals surface area contributed by atoms with E-state index in [0.717, 1.165) is 11.1 Å². The zero-order chi connectivity index (χ0) is 16.5. The normalized spacial score (nSPS) is 11.2. The minimum atomic E-state index is 0.0182. The van der Waals surface area contributed by atoms with E-state index in [2.05, 4.69) is 19.4 Å². The summed E-state index contributed by atoms with van der Waals surface area (Å²) in [7, 11) is 0. The van der Waals surface area contributed by atoms with Crippen LogP contribution in [-0.4, -0.2) is 29.2 Å². The van der Waals surface area contributed by atoms with Crippen LogP contribution in [0.1, 0.15) is 11.1 Å². The molecule has 0 spiro atoms. The third kappa shape index (κ3) is 2.72. The van der Waals surface area contributed by atoms with Gasteiger partial charge in [-0.15, -0.1) is 0 Å². The molecule has 0 saturated heterocycles. The highest BCUT2D eigenvalue weighted by Gasteiger charge is 2.12. The van der Waals surface area contributed by atoms with Gasteiger partial charge in [-0.2, -0.15) is 9.47 Å². The van der Waals surface area contributed by atoms with Gasteiger partial charge in [0.25, 0.3) is 0 Å². The number of anilines is 1.